The highest BCUT2D eigenvalue weighted by molar-refractivity contribution is 7.84. The molecule has 0 aliphatic rings. The average Bonchev–Trinajstić information content (AvgIpc) is 2.24. The Labute approximate surface area is 96.9 Å². The van der Waals surface area contributed by atoms with E-state index in [2.05, 4.69) is 6.92 Å². The Balaban J connectivity index is 3.11. The maximum atomic E-state index is 11.5. The van der Waals surface area contributed by atoms with Gasteiger partial charge in [-0.25, -0.2) is 0 Å². The molecule has 0 aromatic rings. The van der Waals surface area contributed by atoms with Crippen molar-refractivity contribution in [2.24, 2.45) is 0 Å². The lowest BCUT2D eigenvalue weighted by atomic mass is 10.2. The van der Waals surface area contributed by atoms with E-state index in [-0.39, 0.29) is 0 Å². The van der Waals surface area contributed by atoms with Crippen LogP contribution in [0.5, 0.6) is 0 Å². The van der Waals surface area contributed by atoms with Gasteiger partial charge < -0.3 is 5.11 Å². The summed E-state index contributed by atoms with van der Waals surface area (Å²) in [4.78, 5) is 0. The Morgan fingerprint density at radius 3 is 1.93 bits per heavy atom. The van der Waals surface area contributed by atoms with Crippen LogP contribution in [-0.2, 0) is 10.8 Å². The molecule has 0 radical (unpaired) electrons. The van der Waals surface area contributed by atoms with E-state index in [1.54, 1.807) is 0 Å². The van der Waals surface area contributed by atoms with Crippen LogP contribution in [0.25, 0.3) is 0 Å². The molecule has 2 nitrogen and oxygen atoms in total. The van der Waals surface area contributed by atoms with Crippen LogP contribution in [0, 0.1) is 0 Å². The van der Waals surface area contributed by atoms with Crippen molar-refractivity contribution in [2.45, 2.75) is 58.3 Å². The first-order valence-electron chi connectivity index (χ1n) is 6.27. The van der Waals surface area contributed by atoms with E-state index in [1.807, 2.05) is 0 Å². The standard InChI is InChI=1S/C12H26O2S/c1-2-3-4-8-11-15(14)12-9-6-5-7-10-13/h13H,2-12H2,1H3. The molecule has 0 aromatic heterocycles. The van der Waals surface area contributed by atoms with Gasteiger partial charge in [-0.2, -0.15) is 0 Å². The third-order valence-electron chi connectivity index (χ3n) is 2.51. The van der Waals surface area contributed by atoms with Crippen molar-refractivity contribution < 1.29 is 9.32 Å². The summed E-state index contributed by atoms with van der Waals surface area (Å²) in [6.07, 6.45) is 9.00. The van der Waals surface area contributed by atoms with Gasteiger partial charge in [0.15, 0.2) is 0 Å². The predicted octanol–water partition coefficient (Wildman–Crippen LogP) is 2.87. The van der Waals surface area contributed by atoms with Gasteiger partial charge in [0.05, 0.1) is 0 Å². The molecule has 0 rings (SSSR count). The fourth-order valence-electron chi connectivity index (χ4n) is 1.52. The maximum Gasteiger partial charge on any atom is 0.0431 e. The van der Waals surface area contributed by atoms with Crippen LogP contribution in [0.2, 0.25) is 0 Å². The SMILES string of the molecule is CCCCCCS(=O)CCCCCCO. The monoisotopic (exact) mass is 234 g/mol. The summed E-state index contributed by atoms with van der Waals surface area (Å²) in [5.41, 5.74) is 0. The van der Waals surface area contributed by atoms with Gasteiger partial charge in [-0.15, -0.1) is 0 Å². The minimum absolute atomic E-state index is 0.292. The third kappa shape index (κ3) is 12.0. The topological polar surface area (TPSA) is 37.3 Å². The summed E-state index contributed by atoms with van der Waals surface area (Å²) in [5, 5.41) is 8.58. The highest BCUT2D eigenvalue weighted by Crippen LogP contribution is 2.04. The van der Waals surface area contributed by atoms with Gasteiger partial charge in [0, 0.05) is 28.9 Å². The van der Waals surface area contributed by atoms with Gasteiger partial charge in [0.25, 0.3) is 0 Å². The quantitative estimate of drug-likeness (QED) is 0.558. The smallest absolute Gasteiger partial charge is 0.0431 e. The molecule has 0 bridgehead atoms. The second kappa shape index (κ2) is 12.2. The lowest BCUT2D eigenvalue weighted by Gasteiger charge is -2.02. The van der Waals surface area contributed by atoms with Crippen LogP contribution in [0.1, 0.15) is 58.3 Å². The summed E-state index contributed by atoms with van der Waals surface area (Å²) < 4.78 is 11.5. The molecule has 0 saturated heterocycles. The minimum atomic E-state index is -0.591. The summed E-state index contributed by atoms with van der Waals surface area (Å²) in [6, 6.07) is 0. The highest BCUT2D eigenvalue weighted by atomic mass is 32.2. The number of aliphatic hydroxyl groups is 1. The van der Waals surface area contributed by atoms with Crippen molar-refractivity contribution >= 4 is 10.8 Å². The molecular formula is C12H26O2S. The average molecular weight is 234 g/mol. The van der Waals surface area contributed by atoms with Gasteiger partial charge in [0.2, 0.25) is 0 Å². The van der Waals surface area contributed by atoms with Crippen molar-refractivity contribution in [1.82, 2.24) is 0 Å². The van der Waals surface area contributed by atoms with Crippen LogP contribution >= 0.6 is 0 Å². The van der Waals surface area contributed by atoms with E-state index in [4.69, 9.17) is 5.11 Å². The summed E-state index contributed by atoms with van der Waals surface area (Å²) in [7, 11) is -0.591. The van der Waals surface area contributed by atoms with Gasteiger partial charge >= 0.3 is 0 Å². The maximum absolute atomic E-state index is 11.5. The summed E-state index contributed by atoms with van der Waals surface area (Å²) in [5.74, 6) is 1.75. The number of aliphatic hydroxyl groups excluding tert-OH is 1. The minimum Gasteiger partial charge on any atom is -0.396 e. The zero-order valence-electron chi connectivity index (χ0n) is 10.0. The Morgan fingerprint density at radius 1 is 0.867 bits per heavy atom. The molecule has 0 aromatic carbocycles. The molecule has 3 heteroatoms. The van der Waals surface area contributed by atoms with Crippen LogP contribution in [0.3, 0.4) is 0 Å². The molecule has 0 amide bonds. The number of unbranched alkanes of at least 4 members (excludes halogenated alkanes) is 6. The second-order valence-electron chi connectivity index (χ2n) is 4.05. The second-order valence-corrected chi connectivity index (χ2v) is 5.74. The summed E-state index contributed by atoms with van der Waals surface area (Å²) in [6.45, 7) is 2.48. The van der Waals surface area contributed by atoms with Gasteiger partial charge in [-0.1, -0.05) is 39.0 Å². The van der Waals surface area contributed by atoms with E-state index in [9.17, 15) is 4.21 Å². The van der Waals surface area contributed by atoms with Crippen molar-refractivity contribution in [3.05, 3.63) is 0 Å². The largest absolute Gasteiger partial charge is 0.396 e. The first-order valence-corrected chi connectivity index (χ1v) is 7.76. The number of rotatable bonds is 11. The van der Waals surface area contributed by atoms with Gasteiger partial charge in [-0.3, -0.25) is 4.21 Å². The lowest BCUT2D eigenvalue weighted by Crippen LogP contribution is -2.02. The van der Waals surface area contributed by atoms with E-state index in [0.717, 1.165) is 43.6 Å². The molecule has 0 spiro atoms. The molecular weight excluding hydrogens is 208 g/mol. The Kier molecular flexibility index (Phi) is 12.3. The van der Waals surface area contributed by atoms with Crippen molar-refractivity contribution in [2.75, 3.05) is 18.1 Å². The van der Waals surface area contributed by atoms with Crippen molar-refractivity contribution in [3.8, 4) is 0 Å². The van der Waals surface area contributed by atoms with E-state index in [1.165, 1.54) is 19.3 Å². The molecule has 92 valence electrons. The van der Waals surface area contributed by atoms with E-state index < -0.39 is 10.8 Å². The van der Waals surface area contributed by atoms with Crippen molar-refractivity contribution in [1.29, 1.82) is 0 Å². The Bertz CT molecular complexity index is 149. The van der Waals surface area contributed by atoms with Crippen LogP contribution in [-0.4, -0.2) is 27.4 Å². The van der Waals surface area contributed by atoms with Crippen LogP contribution in [0.4, 0.5) is 0 Å². The highest BCUT2D eigenvalue weighted by Gasteiger charge is 1.99. The summed E-state index contributed by atoms with van der Waals surface area (Å²) >= 11 is 0. The van der Waals surface area contributed by atoms with Crippen LogP contribution < -0.4 is 0 Å². The molecule has 0 heterocycles. The molecule has 1 unspecified atom stereocenters. The zero-order valence-corrected chi connectivity index (χ0v) is 10.9. The van der Waals surface area contributed by atoms with Gasteiger partial charge in [-0.05, 0) is 19.3 Å². The Morgan fingerprint density at radius 2 is 1.40 bits per heavy atom. The molecule has 0 fully saturated rings. The third-order valence-corrected chi connectivity index (χ3v) is 3.99. The first-order chi connectivity index (χ1) is 7.31. The zero-order chi connectivity index (χ0) is 11.4. The molecule has 1 atom stereocenters. The normalized spacial score (nSPS) is 12.9. The Hall–Kier alpha value is 0.110. The first kappa shape index (κ1) is 15.1. The van der Waals surface area contributed by atoms with E-state index in [0.29, 0.717) is 6.61 Å². The number of hydrogen-bond acceptors (Lipinski definition) is 2. The molecule has 15 heavy (non-hydrogen) atoms. The predicted molar refractivity (Wildman–Crippen MR) is 67.6 cm³/mol. The molecule has 0 aliphatic heterocycles. The lowest BCUT2D eigenvalue weighted by molar-refractivity contribution is 0.283. The molecule has 0 saturated carbocycles. The molecule has 1 N–H and O–H groups in total. The van der Waals surface area contributed by atoms with E-state index >= 15 is 0 Å². The van der Waals surface area contributed by atoms with Gasteiger partial charge in [0.1, 0.15) is 0 Å². The fourth-order valence-corrected chi connectivity index (χ4v) is 2.78. The molecule has 0 aliphatic carbocycles. The fraction of sp³-hybridized carbons (Fsp3) is 1.00. The number of hydrogen-bond donors (Lipinski definition) is 1. The van der Waals surface area contributed by atoms with Crippen LogP contribution in [0.15, 0.2) is 0 Å². The van der Waals surface area contributed by atoms with Crippen molar-refractivity contribution in [3.63, 3.8) is 0 Å².